The molecule has 0 bridgehead atoms. The number of hydrogen-bond acceptors (Lipinski definition) is 3. The molecule has 2 rings (SSSR count). The largest absolute Gasteiger partial charge is 0.494 e. The molecule has 1 aromatic carbocycles. The molecule has 1 aromatic heterocycles. The average Bonchev–Trinajstić information content (AvgIpc) is 2.64. The SMILES string of the molecule is CCOc1ccc(CNc2c(C)nn(C)c2C)cc1. The van der Waals surface area contributed by atoms with E-state index in [1.54, 1.807) is 0 Å². The zero-order valence-electron chi connectivity index (χ0n) is 12.0. The molecule has 0 atom stereocenters. The summed E-state index contributed by atoms with van der Waals surface area (Å²) >= 11 is 0. The summed E-state index contributed by atoms with van der Waals surface area (Å²) in [6, 6.07) is 8.17. The van der Waals surface area contributed by atoms with Crippen LogP contribution in [0.5, 0.6) is 5.75 Å². The highest BCUT2D eigenvalue weighted by Crippen LogP contribution is 2.20. The van der Waals surface area contributed by atoms with Gasteiger partial charge in [0.25, 0.3) is 0 Å². The minimum absolute atomic E-state index is 0.700. The molecule has 0 spiro atoms. The van der Waals surface area contributed by atoms with Crippen molar-refractivity contribution < 1.29 is 4.74 Å². The smallest absolute Gasteiger partial charge is 0.119 e. The third-order valence-electron chi connectivity index (χ3n) is 3.21. The predicted octanol–water partition coefficient (Wildman–Crippen LogP) is 3.05. The molecule has 102 valence electrons. The molecule has 0 radical (unpaired) electrons. The lowest BCUT2D eigenvalue weighted by molar-refractivity contribution is 0.340. The van der Waals surface area contributed by atoms with Gasteiger partial charge in [-0.25, -0.2) is 0 Å². The Bertz CT molecular complexity index is 543. The standard InChI is InChI=1S/C15H21N3O/c1-5-19-14-8-6-13(7-9-14)10-16-15-11(2)17-18(4)12(15)3/h6-9,16H,5,10H2,1-4H3. The Kier molecular flexibility index (Phi) is 4.10. The van der Waals surface area contributed by atoms with Gasteiger partial charge in [0.1, 0.15) is 5.75 Å². The van der Waals surface area contributed by atoms with Gasteiger partial charge in [0.05, 0.1) is 23.7 Å². The van der Waals surface area contributed by atoms with E-state index in [4.69, 9.17) is 4.74 Å². The van der Waals surface area contributed by atoms with Crippen LogP contribution in [0.1, 0.15) is 23.9 Å². The molecular weight excluding hydrogens is 238 g/mol. The van der Waals surface area contributed by atoms with E-state index in [9.17, 15) is 0 Å². The lowest BCUT2D eigenvalue weighted by atomic mass is 10.2. The number of nitrogens with one attached hydrogen (secondary N) is 1. The van der Waals surface area contributed by atoms with Crippen LogP contribution in [-0.2, 0) is 13.6 Å². The summed E-state index contributed by atoms with van der Waals surface area (Å²) in [7, 11) is 1.96. The van der Waals surface area contributed by atoms with Crippen molar-refractivity contribution in [2.24, 2.45) is 7.05 Å². The van der Waals surface area contributed by atoms with Gasteiger partial charge in [0.2, 0.25) is 0 Å². The normalized spacial score (nSPS) is 10.5. The van der Waals surface area contributed by atoms with Crippen LogP contribution >= 0.6 is 0 Å². The Hall–Kier alpha value is -1.97. The molecule has 0 unspecified atom stereocenters. The highest BCUT2D eigenvalue weighted by Gasteiger charge is 2.08. The van der Waals surface area contributed by atoms with Gasteiger partial charge in [-0.05, 0) is 38.5 Å². The van der Waals surface area contributed by atoms with E-state index < -0.39 is 0 Å². The monoisotopic (exact) mass is 259 g/mol. The fourth-order valence-corrected chi connectivity index (χ4v) is 2.09. The molecule has 0 aliphatic rings. The lowest BCUT2D eigenvalue weighted by Crippen LogP contribution is -2.02. The van der Waals surface area contributed by atoms with Crippen LogP contribution in [0.2, 0.25) is 0 Å². The molecule has 2 aromatic rings. The van der Waals surface area contributed by atoms with Crippen molar-refractivity contribution >= 4 is 5.69 Å². The van der Waals surface area contributed by atoms with Crippen LogP contribution in [0.4, 0.5) is 5.69 Å². The Morgan fingerprint density at radius 3 is 2.42 bits per heavy atom. The molecule has 0 aliphatic heterocycles. The highest BCUT2D eigenvalue weighted by molar-refractivity contribution is 5.52. The maximum atomic E-state index is 5.43. The summed E-state index contributed by atoms with van der Waals surface area (Å²) in [4.78, 5) is 0. The molecular formula is C15H21N3O. The van der Waals surface area contributed by atoms with Crippen LogP contribution in [0, 0.1) is 13.8 Å². The summed E-state index contributed by atoms with van der Waals surface area (Å²) in [6.45, 7) is 7.57. The van der Waals surface area contributed by atoms with Crippen molar-refractivity contribution in [1.82, 2.24) is 9.78 Å². The summed E-state index contributed by atoms with van der Waals surface area (Å²) in [6.07, 6.45) is 0. The van der Waals surface area contributed by atoms with E-state index in [2.05, 4.69) is 29.5 Å². The van der Waals surface area contributed by atoms with Crippen molar-refractivity contribution in [2.45, 2.75) is 27.3 Å². The molecule has 4 nitrogen and oxygen atoms in total. The Labute approximate surface area is 114 Å². The molecule has 19 heavy (non-hydrogen) atoms. The predicted molar refractivity (Wildman–Crippen MR) is 77.6 cm³/mol. The fraction of sp³-hybridized carbons (Fsp3) is 0.400. The van der Waals surface area contributed by atoms with Crippen LogP contribution in [-0.4, -0.2) is 16.4 Å². The Morgan fingerprint density at radius 2 is 1.89 bits per heavy atom. The van der Waals surface area contributed by atoms with Gasteiger partial charge in [0, 0.05) is 13.6 Å². The van der Waals surface area contributed by atoms with Gasteiger partial charge in [-0.1, -0.05) is 12.1 Å². The second kappa shape index (κ2) is 5.78. The minimum atomic E-state index is 0.700. The van der Waals surface area contributed by atoms with Gasteiger partial charge in [-0.3, -0.25) is 4.68 Å². The zero-order valence-corrected chi connectivity index (χ0v) is 12.0. The quantitative estimate of drug-likeness (QED) is 0.897. The number of anilines is 1. The van der Waals surface area contributed by atoms with E-state index in [0.29, 0.717) is 6.61 Å². The van der Waals surface area contributed by atoms with Crippen molar-refractivity contribution in [1.29, 1.82) is 0 Å². The molecule has 0 saturated carbocycles. The van der Waals surface area contributed by atoms with Crippen LogP contribution in [0.15, 0.2) is 24.3 Å². The Morgan fingerprint density at radius 1 is 1.21 bits per heavy atom. The number of aromatic nitrogens is 2. The first kappa shape index (κ1) is 13.5. The van der Waals surface area contributed by atoms with Crippen molar-refractivity contribution in [3.05, 3.63) is 41.2 Å². The van der Waals surface area contributed by atoms with E-state index in [1.807, 2.05) is 37.7 Å². The van der Waals surface area contributed by atoms with Crippen LogP contribution in [0.25, 0.3) is 0 Å². The molecule has 0 aliphatic carbocycles. The Balaban J connectivity index is 2.02. The summed E-state index contributed by atoms with van der Waals surface area (Å²) in [5.41, 5.74) is 4.54. The van der Waals surface area contributed by atoms with Crippen molar-refractivity contribution in [2.75, 3.05) is 11.9 Å². The van der Waals surface area contributed by atoms with Gasteiger partial charge in [0.15, 0.2) is 0 Å². The summed E-state index contributed by atoms with van der Waals surface area (Å²) in [5, 5.41) is 7.84. The second-order valence-corrected chi connectivity index (χ2v) is 4.60. The van der Waals surface area contributed by atoms with Gasteiger partial charge in [-0.15, -0.1) is 0 Å². The number of hydrogen-bond donors (Lipinski definition) is 1. The van der Waals surface area contributed by atoms with E-state index in [0.717, 1.165) is 29.4 Å². The lowest BCUT2D eigenvalue weighted by Gasteiger charge is -2.08. The number of nitrogens with zero attached hydrogens (tertiary/aromatic N) is 2. The van der Waals surface area contributed by atoms with Gasteiger partial charge in [-0.2, -0.15) is 5.10 Å². The first-order valence-corrected chi connectivity index (χ1v) is 6.57. The van der Waals surface area contributed by atoms with Crippen LogP contribution < -0.4 is 10.1 Å². The maximum absolute atomic E-state index is 5.43. The number of rotatable bonds is 5. The van der Waals surface area contributed by atoms with Crippen molar-refractivity contribution in [3.63, 3.8) is 0 Å². The topological polar surface area (TPSA) is 39.1 Å². The van der Waals surface area contributed by atoms with Crippen molar-refractivity contribution in [3.8, 4) is 5.75 Å². The maximum Gasteiger partial charge on any atom is 0.119 e. The average molecular weight is 259 g/mol. The summed E-state index contributed by atoms with van der Waals surface area (Å²) < 4.78 is 7.33. The zero-order chi connectivity index (χ0) is 13.8. The second-order valence-electron chi connectivity index (χ2n) is 4.60. The van der Waals surface area contributed by atoms with E-state index in [1.165, 1.54) is 5.56 Å². The number of ether oxygens (including phenoxy) is 1. The number of benzene rings is 1. The molecule has 0 saturated heterocycles. The molecule has 1 heterocycles. The van der Waals surface area contributed by atoms with Crippen LogP contribution in [0.3, 0.4) is 0 Å². The summed E-state index contributed by atoms with van der Waals surface area (Å²) in [5.74, 6) is 0.917. The number of aryl methyl sites for hydroxylation is 2. The molecule has 4 heteroatoms. The van der Waals surface area contributed by atoms with E-state index in [-0.39, 0.29) is 0 Å². The van der Waals surface area contributed by atoms with E-state index >= 15 is 0 Å². The third kappa shape index (κ3) is 3.08. The molecule has 1 N–H and O–H groups in total. The molecule has 0 amide bonds. The molecule has 0 fully saturated rings. The first-order valence-electron chi connectivity index (χ1n) is 6.57. The highest BCUT2D eigenvalue weighted by atomic mass is 16.5. The minimum Gasteiger partial charge on any atom is -0.494 e. The van der Waals surface area contributed by atoms with Gasteiger partial charge < -0.3 is 10.1 Å². The fourth-order valence-electron chi connectivity index (χ4n) is 2.09. The first-order chi connectivity index (χ1) is 9.11. The third-order valence-corrected chi connectivity index (χ3v) is 3.21. The van der Waals surface area contributed by atoms with Gasteiger partial charge >= 0.3 is 0 Å².